The lowest BCUT2D eigenvalue weighted by Crippen LogP contribution is -2.23. The van der Waals surface area contributed by atoms with Gasteiger partial charge >= 0.3 is 0 Å². The number of carbonyl (C=O) groups excluding carboxylic acids is 1. The predicted octanol–water partition coefficient (Wildman–Crippen LogP) is 2.26. The first kappa shape index (κ1) is 12.0. The van der Waals surface area contributed by atoms with E-state index in [0.717, 1.165) is 0 Å². The molecule has 0 saturated heterocycles. The lowest BCUT2D eigenvalue weighted by atomic mass is 10.2. The van der Waals surface area contributed by atoms with Gasteiger partial charge in [-0.2, -0.15) is 0 Å². The van der Waals surface area contributed by atoms with E-state index in [1.54, 1.807) is 18.2 Å². The van der Waals surface area contributed by atoms with Crippen LogP contribution in [0.2, 0.25) is 5.02 Å². The summed E-state index contributed by atoms with van der Waals surface area (Å²) in [5.41, 5.74) is 0.422. The molecule has 1 amide bonds. The van der Waals surface area contributed by atoms with Gasteiger partial charge in [0.15, 0.2) is 0 Å². The van der Waals surface area contributed by atoms with Crippen LogP contribution in [0.25, 0.3) is 0 Å². The van der Waals surface area contributed by atoms with E-state index in [-0.39, 0.29) is 5.91 Å². The summed E-state index contributed by atoms with van der Waals surface area (Å²) in [5, 5.41) is 3.02. The highest BCUT2D eigenvalue weighted by atomic mass is 35.5. The first-order valence-corrected chi connectivity index (χ1v) is 5.25. The molecule has 0 fully saturated rings. The second kappa shape index (κ2) is 6.43. The molecule has 1 rings (SSSR count). The number of nitrogens with one attached hydrogen (secondary N) is 1. The summed E-state index contributed by atoms with van der Waals surface area (Å²) in [5.74, 6) is 0.216. The van der Waals surface area contributed by atoms with Gasteiger partial charge in [0.2, 0.25) is 0 Å². The Labute approximate surface area is 98.1 Å². The molecule has 0 saturated carbocycles. The van der Waals surface area contributed by atoms with Crippen LogP contribution in [0.15, 0.2) is 30.6 Å². The van der Waals surface area contributed by atoms with Gasteiger partial charge in [0.05, 0.1) is 10.6 Å². The Balaban J connectivity index is 2.54. The Kier molecular flexibility index (Phi) is 5.15. The lowest BCUT2D eigenvalue weighted by molar-refractivity contribution is 0.0958. The van der Waals surface area contributed by atoms with Crippen molar-refractivity contribution in [2.75, 3.05) is 12.4 Å². The molecule has 0 aliphatic rings. The van der Waals surface area contributed by atoms with Crippen LogP contribution in [-0.2, 0) is 0 Å². The van der Waals surface area contributed by atoms with E-state index < -0.39 is 0 Å². The molecular formula is C10H10Cl2N2O. The van der Waals surface area contributed by atoms with Crippen LogP contribution in [0, 0.1) is 0 Å². The molecule has 0 aliphatic carbocycles. The molecule has 0 radical (unpaired) electrons. The molecule has 0 aliphatic heterocycles. The Morgan fingerprint density at radius 3 is 3.00 bits per heavy atom. The van der Waals surface area contributed by atoms with Crippen molar-refractivity contribution in [2.24, 2.45) is 0 Å². The van der Waals surface area contributed by atoms with Crippen molar-refractivity contribution in [3.63, 3.8) is 0 Å². The van der Waals surface area contributed by atoms with E-state index in [0.29, 0.717) is 23.0 Å². The van der Waals surface area contributed by atoms with Crippen molar-refractivity contribution in [2.45, 2.75) is 0 Å². The number of allylic oxidation sites excluding steroid dienone is 1. The molecular weight excluding hydrogens is 235 g/mol. The van der Waals surface area contributed by atoms with Crippen LogP contribution in [0.5, 0.6) is 0 Å². The molecule has 1 heterocycles. The first-order valence-electron chi connectivity index (χ1n) is 4.34. The SMILES string of the molecule is O=C(NC/C=C/CCl)c1ccncc1Cl. The van der Waals surface area contributed by atoms with Crippen molar-refractivity contribution < 1.29 is 4.79 Å². The van der Waals surface area contributed by atoms with Gasteiger partial charge in [0, 0.05) is 24.8 Å². The average molecular weight is 245 g/mol. The number of pyridine rings is 1. The van der Waals surface area contributed by atoms with Gasteiger partial charge in [0.25, 0.3) is 5.91 Å². The van der Waals surface area contributed by atoms with E-state index in [1.807, 2.05) is 0 Å². The maximum atomic E-state index is 11.5. The number of amides is 1. The molecule has 0 atom stereocenters. The fourth-order valence-corrected chi connectivity index (χ4v) is 1.28. The number of carbonyl (C=O) groups is 1. The Morgan fingerprint density at radius 1 is 1.53 bits per heavy atom. The van der Waals surface area contributed by atoms with Crippen molar-refractivity contribution in [3.05, 3.63) is 41.2 Å². The molecule has 3 nitrogen and oxygen atoms in total. The summed E-state index contributed by atoms with van der Waals surface area (Å²) >= 11 is 11.2. The molecule has 5 heteroatoms. The molecule has 80 valence electrons. The number of rotatable bonds is 4. The summed E-state index contributed by atoms with van der Waals surface area (Å²) in [6.07, 6.45) is 6.50. The van der Waals surface area contributed by atoms with Gasteiger partial charge in [-0.05, 0) is 6.07 Å². The zero-order valence-corrected chi connectivity index (χ0v) is 9.42. The molecule has 0 spiro atoms. The normalized spacial score (nSPS) is 10.5. The molecule has 1 N–H and O–H groups in total. The van der Waals surface area contributed by atoms with Gasteiger partial charge in [-0.3, -0.25) is 9.78 Å². The molecule has 15 heavy (non-hydrogen) atoms. The fraction of sp³-hybridized carbons (Fsp3) is 0.200. The molecule has 0 bridgehead atoms. The Hall–Kier alpha value is -1.06. The minimum Gasteiger partial charge on any atom is -0.349 e. The standard InChI is InChI=1S/C10H10Cl2N2O/c11-4-1-2-5-14-10(15)8-3-6-13-7-9(8)12/h1-3,6-7H,4-5H2,(H,14,15)/b2-1+. The summed E-state index contributed by atoms with van der Waals surface area (Å²) in [7, 11) is 0. The number of hydrogen-bond donors (Lipinski definition) is 1. The number of nitrogens with zero attached hydrogens (tertiary/aromatic N) is 1. The smallest absolute Gasteiger partial charge is 0.253 e. The summed E-state index contributed by atoms with van der Waals surface area (Å²) in [4.78, 5) is 15.3. The largest absolute Gasteiger partial charge is 0.349 e. The number of halogens is 2. The number of aromatic nitrogens is 1. The lowest BCUT2D eigenvalue weighted by Gasteiger charge is -2.03. The molecule has 0 aromatic carbocycles. The minimum atomic E-state index is -0.221. The second-order valence-electron chi connectivity index (χ2n) is 2.69. The summed E-state index contributed by atoms with van der Waals surface area (Å²) in [6, 6.07) is 1.57. The van der Waals surface area contributed by atoms with Crippen LogP contribution in [0.3, 0.4) is 0 Å². The summed E-state index contributed by atoms with van der Waals surface area (Å²) < 4.78 is 0. The monoisotopic (exact) mass is 244 g/mol. The molecule has 1 aromatic heterocycles. The van der Waals surface area contributed by atoms with Crippen LogP contribution >= 0.6 is 23.2 Å². The third-order valence-corrected chi connectivity index (χ3v) is 2.13. The zero-order chi connectivity index (χ0) is 11.1. The van der Waals surface area contributed by atoms with Gasteiger partial charge in [-0.25, -0.2) is 0 Å². The van der Waals surface area contributed by atoms with Crippen LogP contribution in [0.1, 0.15) is 10.4 Å². The van der Waals surface area contributed by atoms with Gasteiger partial charge < -0.3 is 5.32 Å². The third kappa shape index (κ3) is 3.90. The fourth-order valence-electron chi connectivity index (χ4n) is 0.953. The van der Waals surface area contributed by atoms with Crippen LogP contribution in [0.4, 0.5) is 0 Å². The first-order chi connectivity index (χ1) is 7.25. The van der Waals surface area contributed by atoms with Crippen molar-refractivity contribution in [3.8, 4) is 0 Å². The van der Waals surface area contributed by atoms with E-state index in [4.69, 9.17) is 23.2 Å². The number of hydrogen-bond acceptors (Lipinski definition) is 2. The van der Waals surface area contributed by atoms with Crippen molar-refractivity contribution in [1.29, 1.82) is 0 Å². The Morgan fingerprint density at radius 2 is 2.33 bits per heavy atom. The highest BCUT2D eigenvalue weighted by Crippen LogP contribution is 2.12. The van der Waals surface area contributed by atoms with Gasteiger partial charge in [-0.15, -0.1) is 11.6 Å². The highest BCUT2D eigenvalue weighted by molar-refractivity contribution is 6.33. The average Bonchev–Trinajstić information content (AvgIpc) is 2.25. The van der Waals surface area contributed by atoms with Crippen molar-refractivity contribution >= 4 is 29.1 Å². The minimum absolute atomic E-state index is 0.221. The maximum Gasteiger partial charge on any atom is 0.253 e. The van der Waals surface area contributed by atoms with Gasteiger partial charge in [0.1, 0.15) is 0 Å². The topological polar surface area (TPSA) is 42.0 Å². The van der Waals surface area contributed by atoms with E-state index in [1.165, 1.54) is 12.4 Å². The molecule has 1 aromatic rings. The second-order valence-corrected chi connectivity index (χ2v) is 3.41. The highest BCUT2D eigenvalue weighted by Gasteiger charge is 2.07. The zero-order valence-electron chi connectivity index (χ0n) is 7.91. The quantitative estimate of drug-likeness (QED) is 0.653. The van der Waals surface area contributed by atoms with Gasteiger partial charge in [-0.1, -0.05) is 23.8 Å². The number of alkyl halides is 1. The van der Waals surface area contributed by atoms with Crippen LogP contribution in [-0.4, -0.2) is 23.3 Å². The predicted molar refractivity (Wildman–Crippen MR) is 61.4 cm³/mol. The Bertz CT molecular complexity index is 366. The van der Waals surface area contributed by atoms with E-state index in [2.05, 4.69) is 10.3 Å². The maximum absolute atomic E-state index is 11.5. The van der Waals surface area contributed by atoms with Crippen molar-refractivity contribution in [1.82, 2.24) is 10.3 Å². The van der Waals surface area contributed by atoms with E-state index >= 15 is 0 Å². The van der Waals surface area contributed by atoms with Crippen LogP contribution < -0.4 is 5.32 Å². The molecule has 0 unspecified atom stereocenters. The summed E-state index contributed by atoms with van der Waals surface area (Å²) in [6.45, 7) is 0.435. The third-order valence-electron chi connectivity index (χ3n) is 1.65. The van der Waals surface area contributed by atoms with E-state index in [9.17, 15) is 4.79 Å².